The second-order valence-electron chi connectivity index (χ2n) is 4.65. The second kappa shape index (κ2) is 5.94. The van der Waals surface area contributed by atoms with Gasteiger partial charge in [-0.15, -0.1) is 5.10 Å². The summed E-state index contributed by atoms with van der Waals surface area (Å²) in [5, 5.41) is 10.9. The molecule has 0 radical (unpaired) electrons. The van der Waals surface area contributed by atoms with Crippen LogP contribution in [-0.4, -0.2) is 28.6 Å². The van der Waals surface area contributed by atoms with Crippen LogP contribution in [0.4, 0.5) is 5.69 Å². The molecule has 0 bridgehead atoms. The van der Waals surface area contributed by atoms with Crippen LogP contribution in [0.15, 0.2) is 60.9 Å². The number of benzene rings is 2. The molecule has 3 rings (SSSR count). The van der Waals surface area contributed by atoms with Gasteiger partial charge in [-0.1, -0.05) is 30.3 Å². The summed E-state index contributed by atoms with van der Waals surface area (Å²) < 4.78 is 28.3. The van der Waals surface area contributed by atoms with Crippen LogP contribution in [0.5, 0.6) is 0 Å². The van der Waals surface area contributed by atoms with E-state index in [1.165, 1.54) is 11.0 Å². The second-order valence-corrected chi connectivity index (χ2v) is 6.37. The molecular formula is C14H13N5O2S. The fraction of sp³-hybridized carbons (Fsp3) is 0.0714. The Morgan fingerprint density at radius 3 is 2.36 bits per heavy atom. The summed E-state index contributed by atoms with van der Waals surface area (Å²) in [5.41, 5.74) is 1.98. The Morgan fingerprint density at radius 2 is 1.73 bits per heavy atom. The van der Waals surface area contributed by atoms with Gasteiger partial charge in [0.15, 0.2) is 0 Å². The predicted molar refractivity (Wildman–Crippen MR) is 81.8 cm³/mol. The SMILES string of the molecule is O=S(=O)(Cc1ccccc1)Nc1ccc(-n2cnnn2)cc1. The van der Waals surface area contributed by atoms with Gasteiger partial charge in [-0.2, -0.15) is 0 Å². The first-order chi connectivity index (χ1) is 10.6. The molecule has 112 valence electrons. The zero-order valence-electron chi connectivity index (χ0n) is 11.5. The van der Waals surface area contributed by atoms with Gasteiger partial charge in [-0.05, 0) is 40.3 Å². The van der Waals surface area contributed by atoms with Gasteiger partial charge in [0.2, 0.25) is 10.0 Å². The quantitative estimate of drug-likeness (QED) is 0.772. The smallest absolute Gasteiger partial charge is 0.236 e. The van der Waals surface area contributed by atoms with Crippen molar-refractivity contribution < 1.29 is 8.42 Å². The van der Waals surface area contributed by atoms with Crippen molar-refractivity contribution in [1.82, 2.24) is 20.2 Å². The normalized spacial score (nSPS) is 11.3. The number of tetrazole rings is 1. The van der Waals surface area contributed by atoms with Crippen molar-refractivity contribution in [2.45, 2.75) is 5.75 Å². The van der Waals surface area contributed by atoms with E-state index in [0.29, 0.717) is 5.69 Å². The molecule has 1 N–H and O–H groups in total. The zero-order valence-corrected chi connectivity index (χ0v) is 12.3. The van der Waals surface area contributed by atoms with Gasteiger partial charge < -0.3 is 0 Å². The molecular weight excluding hydrogens is 302 g/mol. The lowest BCUT2D eigenvalue weighted by Crippen LogP contribution is -2.15. The van der Waals surface area contributed by atoms with E-state index in [2.05, 4.69) is 20.2 Å². The molecule has 0 unspecified atom stereocenters. The third-order valence-corrected chi connectivity index (χ3v) is 4.21. The summed E-state index contributed by atoms with van der Waals surface area (Å²) >= 11 is 0. The summed E-state index contributed by atoms with van der Waals surface area (Å²) in [6.07, 6.45) is 1.47. The molecule has 0 aliphatic heterocycles. The number of hydrogen-bond acceptors (Lipinski definition) is 5. The summed E-state index contributed by atoms with van der Waals surface area (Å²) in [6, 6.07) is 15.8. The number of rotatable bonds is 5. The van der Waals surface area contributed by atoms with Gasteiger partial charge in [-0.25, -0.2) is 13.1 Å². The molecule has 0 amide bonds. The van der Waals surface area contributed by atoms with Crippen LogP contribution in [0, 0.1) is 0 Å². The van der Waals surface area contributed by atoms with Gasteiger partial charge in [0.1, 0.15) is 6.33 Å². The molecule has 0 spiro atoms. The highest BCUT2D eigenvalue weighted by atomic mass is 32.2. The van der Waals surface area contributed by atoms with E-state index in [0.717, 1.165) is 11.3 Å². The van der Waals surface area contributed by atoms with Crippen LogP contribution < -0.4 is 4.72 Å². The van der Waals surface area contributed by atoms with Crippen LogP contribution >= 0.6 is 0 Å². The summed E-state index contributed by atoms with van der Waals surface area (Å²) in [5.74, 6) is -0.0669. The van der Waals surface area contributed by atoms with Crippen LogP contribution in [0.25, 0.3) is 5.69 Å². The lowest BCUT2D eigenvalue weighted by Gasteiger charge is -2.08. The molecule has 22 heavy (non-hydrogen) atoms. The fourth-order valence-electron chi connectivity index (χ4n) is 1.97. The van der Waals surface area contributed by atoms with E-state index in [4.69, 9.17) is 0 Å². The number of aromatic nitrogens is 4. The molecule has 0 fully saturated rings. The van der Waals surface area contributed by atoms with Crippen molar-refractivity contribution in [2.24, 2.45) is 0 Å². The first kappa shape index (κ1) is 14.2. The van der Waals surface area contributed by atoms with E-state index < -0.39 is 10.0 Å². The van der Waals surface area contributed by atoms with E-state index in [-0.39, 0.29) is 5.75 Å². The Morgan fingerprint density at radius 1 is 1.00 bits per heavy atom. The Bertz CT molecular complexity index is 831. The first-order valence-electron chi connectivity index (χ1n) is 6.50. The van der Waals surface area contributed by atoms with Crippen molar-refractivity contribution >= 4 is 15.7 Å². The minimum atomic E-state index is -3.45. The minimum Gasteiger partial charge on any atom is -0.283 e. The van der Waals surface area contributed by atoms with E-state index in [1.54, 1.807) is 36.4 Å². The average molecular weight is 315 g/mol. The number of hydrogen-bond donors (Lipinski definition) is 1. The molecule has 0 saturated carbocycles. The Labute approximate surface area is 127 Å². The standard InChI is InChI=1S/C14H13N5O2S/c20-22(21,10-12-4-2-1-3-5-12)16-13-6-8-14(9-7-13)19-11-15-17-18-19/h1-9,11,16H,10H2. The number of anilines is 1. The number of sulfonamides is 1. The summed E-state index contributed by atoms with van der Waals surface area (Å²) in [4.78, 5) is 0. The van der Waals surface area contributed by atoms with Gasteiger partial charge in [0, 0.05) is 5.69 Å². The summed E-state index contributed by atoms with van der Waals surface area (Å²) in [7, 11) is -3.45. The Hall–Kier alpha value is -2.74. The molecule has 7 nitrogen and oxygen atoms in total. The summed E-state index contributed by atoms with van der Waals surface area (Å²) in [6.45, 7) is 0. The maximum absolute atomic E-state index is 12.1. The molecule has 2 aromatic carbocycles. The topological polar surface area (TPSA) is 89.8 Å². The van der Waals surface area contributed by atoms with Gasteiger partial charge in [0.25, 0.3) is 0 Å². The van der Waals surface area contributed by atoms with Crippen molar-refractivity contribution in [3.05, 3.63) is 66.5 Å². The van der Waals surface area contributed by atoms with E-state index >= 15 is 0 Å². The van der Waals surface area contributed by atoms with E-state index in [1.807, 2.05) is 18.2 Å². The molecule has 0 aliphatic carbocycles. The Balaban J connectivity index is 1.72. The number of nitrogens with one attached hydrogen (secondary N) is 1. The maximum atomic E-state index is 12.1. The average Bonchev–Trinajstić information content (AvgIpc) is 3.02. The minimum absolute atomic E-state index is 0.0669. The monoisotopic (exact) mass is 315 g/mol. The van der Waals surface area contributed by atoms with Crippen molar-refractivity contribution in [3.63, 3.8) is 0 Å². The Kier molecular flexibility index (Phi) is 3.84. The highest BCUT2D eigenvalue weighted by Gasteiger charge is 2.11. The third kappa shape index (κ3) is 3.47. The molecule has 0 atom stereocenters. The highest BCUT2D eigenvalue weighted by Crippen LogP contribution is 2.15. The molecule has 3 aromatic rings. The van der Waals surface area contributed by atoms with Gasteiger partial charge >= 0.3 is 0 Å². The van der Waals surface area contributed by atoms with Crippen molar-refractivity contribution in [1.29, 1.82) is 0 Å². The van der Waals surface area contributed by atoms with Gasteiger partial charge in [0.05, 0.1) is 11.4 Å². The van der Waals surface area contributed by atoms with Crippen LogP contribution in [0.2, 0.25) is 0 Å². The zero-order chi connectivity index (χ0) is 15.4. The molecule has 0 aliphatic rings. The number of nitrogens with zero attached hydrogens (tertiary/aromatic N) is 4. The lowest BCUT2D eigenvalue weighted by atomic mass is 10.2. The van der Waals surface area contributed by atoms with Gasteiger partial charge in [-0.3, -0.25) is 4.72 Å². The molecule has 1 heterocycles. The van der Waals surface area contributed by atoms with Crippen molar-refractivity contribution in [3.8, 4) is 5.69 Å². The molecule has 0 saturated heterocycles. The maximum Gasteiger partial charge on any atom is 0.236 e. The predicted octanol–water partition coefficient (Wildman–Crippen LogP) is 1.60. The van der Waals surface area contributed by atoms with E-state index in [9.17, 15) is 8.42 Å². The fourth-order valence-corrected chi connectivity index (χ4v) is 3.17. The molecule has 8 heteroatoms. The highest BCUT2D eigenvalue weighted by molar-refractivity contribution is 7.91. The van der Waals surface area contributed by atoms with Crippen LogP contribution in [0.3, 0.4) is 0 Å². The molecule has 1 aromatic heterocycles. The first-order valence-corrected chi connectivity index (χ1v) is 8.15. The largest absolute Gasteiger partial charge is 0.283 e. The van der Waals surface area contributed by atoms with Crippen LogP contribution in [-0.2, 0) is 15.8 Å². The lowest BCUT2D eigenvalue weighted by molar-refractivity contribution is 0.600. The third-order valence-electron chi connectivity index (χ3n) is 2.95. The van der Waals surface area contributed by atoms with Crippen LogP contribution in [0.1, 0.15) is 5.56 Å². The van der Waals surface area contributed by atoms with Crippen molar-refractivity contribution in [2.75, 3.05) is 4.72 Å².